The molecule has 1 aromatic heterocycles. The summed E-state index contributed by atoms with van der Waals surface area (Å²) in [5.41, 5.74) is 6.68. The maximum atomic E-state index is 10.9. The van der Waals surface area contributed by atoms with Crippen LogP contribution in [0.25, 0.3) is 0 Å². The summed E-state index contributed by atoms with van der Waals surface area (Å²) >= 11 is 5.84. The van der Waals surface area contributed by atoms with Crippen LogP contribution in [0.15, 0.2) is 18.2 Å². The molecule has 0 saturated carbocycles. The fourth-order valence-corrected chi connectivity index (χ4v) is 1.74. The number of halogens is 1. The minimum atomic E-state index is -0.457. The van der Waals surface area contributed by atoms with Gasteiger partial charge in [-0.05, 0) is 19.1 Å². The summed E-state index contributed by atoms with van der Waals surface area (Å²) in [5.74, 6) is 0.305. The summed E-state index contributed by atoms with van der Waals surface area (Å²) < 4.78 is 1.49. The lowest BCUT2D eigenvalue weighted by Gasteiger charge is -2.05. The summed E-state index contributed by atoms with van der Waals surface area (Å²) in [7, 11) is 0. The summed E-state index contributed by atoms with van der Waals surface area (Å²) in [6.45, 7) is 1.94. The number of hydrogen-bond donors (Lipinski definition) is 1. The van der Waals surface area contributed by atoms with Gasteiger partial charge in [0.05, 0.1) is 22.7 Å². The molecule has 0 spiro atoms. The molecule has 1 heterocycles. The predicted molar refractivity (Wildman–Crippen MR) is 66.4 cm³/mol. The quantitative estimate of drug-likeness (QED) is 0.675. The highest BCUT2D eigenvalue weighted by molar-refractivity contribution is 6.30. The van der Waals surface area contributed by atoms with E-state index in [2.05, 4.69) is 10.3 Å². The fraction of sp³-hybridized carbons (Fsp3) is 0.200. The molecule has 0 amide bonds. The van der Waals surface area contributed by atoms with Crippen LogP contribution >= 0.6 is 11.6 Å². The van der Waals surface area contributed by atoms with E-state index >= 15 is 0 Å². The second-order valence-corrected chi connectivity index (χ2v) is 4.18. The molecule has 0 bridgehead atoms. The summed E-state index contributed by atoms with van der Waals surface area (Å²) in [5, 5.41) is 18.9. The Bertz CT molecular complexity index is 610. The Morgan fingerprint density at radius 1 is 1.56 bits per heavy atom. The number of rotatable bonds is 3. The lowest BCUT2D eigenvalue weighted by atomic mass is 10.2. The van der Waals surface area contributed by atoms with Crippen molar-refractivity contribution in [3.63, 3.8) is 0 Å². The molecule has 0 fully saturated rings. The van der Waals surface area contributed by atoms with Crippen LogP contribution in [0.1, 0.15) is 11.3 Å². The van der Waals surface area contributed by atoms with Crippen LogP contribution in [0.4, 0.5) is 11.5 Å². The van der Waals surface area contributed by atoms with Gasteiger partial charge in [-0.3, -0.25) is 10.1 Å². The smallest absolute Gasteiger partial charge is 0.274 e. The van der Waals surface area contributed by atoms with Crippen LogP contribution in [0.3, 0.4) is 0 Å². The third-order valence-corrected chi connectivity index (χ3v) is 2.81. The Balaban J connectivity index is 2.42. The highest BCUT2D eigenvalue weighted by Gasteiger charge is 2.16. The molecule has 7 nitrogen and oxygen atoms in total. The molecule has 2 rings (SSSR count). The Labute approximate surface area is 107 Å². The second-order valence-electron chi connectivity index (χ2n) is 3.75. The van der Waals surface area contributed by atoms with Crippen LogP contribution in [-0.2, 0) is 6.54 Å². The first-order valence-corrected chi connectivity index (χ1v) is 5.45. The molecule has 1 aromatic carbocycles. The molecule has 8 heteroatoms. The highest BCUT2D eigenvalue weighted by Crippen LogP contribution is 2.24. The van der Waals surface area contributed by atoms with Gasteiger partial charge in [0, 0.05) is 11.1 Å². The molecule has 0 aliphatic carbocycles. The van der Waals surface area contributed by atoms with E-state index in [1.165, 1.54) is 22.9 Å². The standard InChI is InChI=1S/C10H10ClN5O2/c1-6-10(12)13-14-15(6)5-7-4-8(11)2-3-9(7)16(17)18/h2-4H,5,12H2,1H3. The largest absolute Gasteiger partial charge is 0.381 e. The summed E-state index contributed by atoms with van der Waals surface area (Å²) in [6, 6.07) is 4.38. The van der Waals surface area contributed by atoms with Crippen LogP contribution in [0, 0.1) is 17.0 Å². The molecule has 0 radical (unpaired) electrons. The number of nitrogens with two attached hydrogens (primary N) is 1. The Kier molecular flexibility index (Phi) is 3.15. The van der Waals surface area contributed by atoms with Crippen LogP contribution in [0.2, 0.25) is 5.02 Å². The van der Waals surface area contributed by atoms with Gasteiger partial charge in [0.2, 0.25) is 0 Å². The molecule has 0 aliphatic heterocycles. The average Bonchev–Trinajstić information content (AvgIpc) is 2.61. The van der Waals surface area contributed by atoms with E-state index < -0.39 is 4.92 Å². The Morgan fingerprint density at radius 2 is 2.28 bits per heavy atom. The van der Waals surface area contributed by atoms with Crippen molar-refractivity contribution in [3.05, 3.63) is 44.6 Å². The molecule has 0 saturated heterocycles. The van der Waals surface area contributed by atoms with Crippen molar-refractivity contribution in [2.75, 3.05) is 5.73 Å². The van der Waals surface area contributed by atoms with Gasteiger partial charge in [0.15, 0.2) is 5.82 Å². The van der Waals surface area contributed by atoms with Crippen LogP contribution < -0.4 is 5.73 Å². The maximum Gasteiger partial charge on any atom is 0.274 e. The maximum absolute atomic E-state index is 10.9. The average molecular weight is 268 g/mol. The number of hydrogen-bond acceptors (Lipinski definition) is 5. The van der Waals surface area contributed by atoms with Gasteiger partial charge in [-0.25, -0.2) is 4.68 Å². The number of aromatic nitrogens is 3. The Morgan fingerprint density at radius 3 is 2.83 bits per heavy atom. The zero-order chi connectivity index (χ0) is 13.3. The zero-order valence-corrected chi connectivity index (χ0v) is 10.3. The molecule has 2 N–H and O–H groups in total. The molecule has 0 aliphatic rings. The predicted octanol–water partition coefficient (Wildman–Crippen LogP) is 1.78. The topological polar surface area (TPSA) is 99.9 Å². The van der Waals surface area contributed by atoms with Crippen molar-refractivity contribution in [3.8, 4) is 0 Å². The Hall–Kier alpha value is -2.15. The van der Waals surface area contributed by atoms with E-state index in [-0.39, 0.29) is 12.2 Å². The lowest BCUT2D eigenvalue weighted by Crippen LogP contribution is -2.06. The van der Waals surface area contributed by atoms with Crippen molar-refractivity contribution in [2.45, 2.75) is 13.5 Å². The SMILES string of the molecule is Cc1c(N)nnn1Cc1cc(Cl)ccc1[N+](=O)[O-]. The molecule has 94 valence electrons. The first-order chi connectivity index (χ1) is 8.49. The van der Waals surface area contributed by atoms with Crippen LogP contribution in [-0.4, -0.2) is 19.9 Å². The summed E-state index contributed by atoms with van der Waals surface area (Å²) in [4.78, 5) is 10.4. The minimum absolute atomic E-state index is 0.00660. The van der Waals surface area contributed by atoms with Crippen molar-refractivity contribution >= 4 is 23.1 Å². The third kappa shape index (κ3) is 2.25. The van der Waals surface area contributed by atoms with Crippen LogP contribution in [0.5, 0.6) is 0 Å². The molecule has 0 unspecified atom stereocenters. The highest BCUT2D eigenvalue weighted by atomic mass is 35.5. The third-order valence-electron chi connectivity index (χ3n) is 2.58. The van der Waals surface area contributed by atoms with Gasteiger partial charge in [0.25, 0.3) is 5.69 Å². The molecule has 0 atom stereocenters. The number of nitro groups is 1. The van der Waals surface area contributed by atoms with Crippen molar-refractivity contribution in [1.82, 2.24) is 15.0 Å². The van der Waals surface area contributed by atoms with Gasteiger partial charge >= 0.3 is 0 Å². The number of nitrogens with zero attached hydrogens (tertiary/aromatic N) is 4. The number of nitrogen functional groups attached to an aromatic ring is 1. The molecule has 18 heavy (non-hydrogen) atoms. The first kappa shape index (κ1) is 12.3. The fourth-order valence-electron chi connectivity index (χ4n) is 1.54. The number of benzene rings is 1. The van der Waals surface area contributed by atoms with Crippen molar-refractivity contribution in [2.24, 2.45) is 0 Å². The van der Waals surface area contributed by atoms with E-state index in [1.54, 1.807) is 6.92 Å². The first-order valence-electron chi connectivity index (χ1n) is 5.07. The van der Waals surface area contributed by atoms with Gasteiger partial charge < -0.3 is 5.73 Å². The van der Waals surface area contributed by atoms with Gasteiger partial charge in [-0.15, -0.1) is 5.10 Å². The van der Waals surface area contributed by atoms with Gasteiger partial charge in [-0.2, -0.15) is 0 Å². The summed E-state index contributed by atoms with van der Waals surface area (Å²) in [6.07, 6.45) is 0. The zero-order valence-electron chi connectivity index (χ0n) is 9.50. The van der Waals surface area contributed by atoms with E-state index in [1.807, 2.05) is 0 Å². The molecule has 2 aromatic rings. The monoisotopic (exact) mass is 267 g/mol. The van der Waals surface area contributed by atoms with Crippen molar-refractivity contribution in [1.29, 1.82) is 0 Å². The lowest BCUT2D eigenvalue weighted by molar-refractivity contribution is -0.385. The van der Waals surface area contributed by atoms with E-state index in [0.717, 1.165) is 0 Å². The van der Waals surface area contributed by atoms with Gasteiger partial charge in [-0.1, -0.05) is 16.8 Å². The van der Waals surface area contributed by atoms with E-state index in [9.17, 15) is 10.1 Å². The van der Waals surface area contributed by atoms with Crippen molar-refractivity contribution < 1.29 is 4.92 Å². The number of anilines is 1. The molecular formula is C10H10ClN5O2. The second kappa shape index (κ2) is 4.61. The van der Waals surface area contributed by atoms with E-state index in [4.69, 9.17) is 17.3 Å². The number of nitro benzene ring substituents is 1. The molecular weight excluding hydrogens is 258 g/mol. The normalized spacial score (nSPS) is 10.6. The minimum Gasteiger partial charge on any atom is -0.381 e. The van der Waals surface area contributed by atoms with Gasteiger partial charge in [0.1, 0.15) is 0 Å². The van der Waals surface area contributed by atoms with E-state index in [0.29, 0.717) is 22.1 Å².